The van der Waals surface area contributed by atoms with E-state index in [4.69, 9.17) is 23.2 Å². The lowest BCUT2D eigenvalue weighted by molar-refractivity contribution is -0.139. The lowest BCUT2D eigenvalue weighted by Crippen LogP contribution is -2.52. The van der Waals surface area contributed by atoms with E-state index in [9.17, 15) is 22.4 Å². The molecule has 0 aliphatic rings. The molecule has 0 unspecified atom stereocenters. The second-order valence-corrected chi connectivity index (χ2v) is 11.7. The first-order valence-corrected chi connectivity index (χ1v) is 14.5. The van der Waals surface area contributed by atoms with Crippen LogP contribution in [-0.2, 0) is 26.2 Å². The van der Waals surface area contributed by atoms with Gasteiger partial charge in [0.15, 0.2) is 0 Å². The molecule has 0 fully saturated rings. The molecule has 0 aromatic heterocycles. The number of sulfonamides is 1. The van der Waals surface area contributed by atoms with Crippen molar-refractivity contribution in [2.45, 2.75) is 50.7 Å². The molecule has 0 aliphatic carbocycles. The largest absolute Gasteiger partial charge is 0.352 e. The SMILES string of the molecule is CC[C@@H](C)NC(=O)[C@H](C)N(Cc1ccccc1Cl)C(=O)CN(c1ccc(F)c(Cl)c1)S(=O)(=O)c1ccccc1. The van der Waals surface area contributed by atoms with E-state index >= 15 is 0 Å². The lowest BCUT2D eigenvalue weighted by atomic mass is 10.1. The van der Waals surface area contributed by atoms with Crippen LogP contribution in [0.1, 0.15) is 32.8 Å². The molecule has 208 valence electrons. The normalized spacial score (nSPS) is 12.9. The van der Waals surface area contributed by atoms with Crippen LogP contribution in [0.4, 0.5) is 10.1 Å². The summed E-state index contributed by atoms with van der Waals surface area (Å²) in [6, 6.07) is 16.7. The van der Waals surface area contributed by atoms with Crippen LogP contribution < -0.4 is 9.62 Å². The molecule has 0 saturated heterocycles. The molecular formula is C28H30Cl2FN3O4S. The molecule has 3 aromatic rings. The number of amides is 2. The van der Waals surface area contributed by atoms with Gasteiger partial charge >= 0.3 is 0 Å². The molecule has 0 aliphatic heterocycles. The minimum absolute atomic E-state index is 0.00648. The van der Waals surface area contributed by atoms with Crippen molar-refractivity contribution in [2.75, 3.05) is 10.8 Å². The zero-order valence-electron chi connectivity index (χ0n) is 21.8. The summed E-state index contributed by atoms with van der Waals surface area (Å²) in [7, 11) is -4.28. The van der Waals surface area contributed by atoms with Gasteiger partial charge in [0, 0.05) is 17.6 Å². The third kappa shape index (κ3) is 7.50. The zero-order chi connectivity index (χ0) is 28.7. The molecule has 0 spiro atoms. The lowest BCUT2D eigenvalue weighted by Gasteiger charge is -2.32. The van der Waals surface area contributed by atoms with Gasteiger partial charge in [0.2, 0.25) is 11.8 Å². The number of hydrogen-bond acceptors (Lipinski definition) is 4. The predicted molar refractivity (Wildman–Crippen MR) is 152 cm³/mol. The molecule has 0 bridgehead atoms. The van der Waals surface area contributed by atoms with Gasteiger partial charge in [-0.1, -0.05) is 66.5 Å². The Morgan fingerprint density at radius 2 is 1.59 bits per heavy atom. The maximum Gasteiger partial charge on any atom is 0.264 e. The maximum absolute atomic E-state index is 13.9. The van der Waals surface area contributed by atoms with Gasteiger partial charge in [0.1, 0.15) is 18.4 Å². The summed E-state index contributed by atoms with van der Waals surface area (Å²) in [4.78, 5) is 28.1. The van der Waals surface area contributed by atoms with E-state index in [0.29, 0.717) is 17.0 Å². The highest BCUT2D eigenvalue weighted by Crippen LogP contribution is 2.28. The summed E-state index contributed by atoms with van der Waals surface area (Å²) in [5.41, 5.74) is 0.575. The van der Waals surface area contributed by atoms with Gasteiger partial charge in [0.25, 0.3) is 10.0 Å². The monoisotopic (exact) mass is 593 g/mol. The average molecular weight is 595 g/mol. The van der Waals surface area contributed by atoms with Crippen LogP contribution in [0, 0.1) is 5.82 Å². The van der Waals surface area contributed by atoms with E-state index in [1.165, 1.54) is 23.1 Å². The highest BCUT2D eigenvalue weighted by molar-refractivity contribution is 7.92. The third-order valence-electron chi connectivity index (χ3n) is 6.27. The maximum atomic E-state index is 13.9. The Morgan fingerprint density at radius 1 is 0.949 bits per heavy atom. The van der Waals surface area contributed by atoms with Gasteiger partial charge in [-0.05, 0) is 62.2 Å². The van der Waals surface area contributed by atoms with Crippen LogP contribution in [0.25, 0.3) is 0 Å². The van der Waals surface area contributed by atoms with Crippen molar-refractivity contribution in [1.82, 2.24) is 10.2 Å². The Labute approximate surface area is 238 Å². The molecule has 3 rings (SSSR count). The fourth-order valence-electron chi connectivity index (χ4n) is 3.75. The summed E-state index contributed by atoms with van der Waals surface area (Å²) >= 11 is 12.3. The van der Waals surface area contributed by atoms with Crippen LogP contribution in [-0.4, -0.2) is 43.8 Å². The van der Waals surface area contributed by atoms with Crippen molar-refractivity contribution >= 4 is 50.7 Å². The minimum Gasteiger partial charge on any atom is -0.352 e. The standard InChI is InChI=1S/C28H30Cl2FN3O4S/c1-4-19(2)32-28(36)20(3)33(17-21-10-8-9-13-24(21)29)27(35)18-34(22-14-15-26(31)25(30)16-22)39(37,38)23-11-6-5-7-12-23/h5-16,19-20H,4,17-18H2,1-3H3,(H,32,36)/t19-,20+/m1/s1. The van der Waals surface area contributed by atoms with Gasteiger partial charge in [0.05, 0.1) is 15.6 Å². The number of hydrogen-bond donors (Lipinski definition) is 1. The highest BCUT2D eigenvalue weighted by atomic mass is 35.5. The van der Waals surface area contributed by atoms with E-state index in [2.05, 4.69) is 5.32 Å². The number of carbonyl (C=O) groups is 2. The van der Waals surface area contributed by atoms with E-state index in [1.54, 1.807) is 49.4 Å². The van der Waals surface area contributed by atoms with Crippen molar-refractivity contribution in [2.24, 2.45) is 0 Å². The van der Waals surface area contributed by atoms with Gasteiger partial charge in [-0.3, -0.25) is 13.9 Å². The van der Waals surface area contributed by atoms with Crippen LogP contribution in [0.3, 0.4) is 0 Å². The summed E-state index contributed by atoms with van der Waals surface area (Å²) in [6.45, 7) is 4.61. The number of nitrogens with one attached hydrogen (secondary N) is 1. The van der Waals surface area contributed by atoms with E-state index in [1.807, 2.05) is 13.8 Å². The average Bonchev–Trinajstić information content (AvgIpc) is 2.92. The van der Waals surface area contributed by atoms with Gasteiger partial charge in [-0.2, -0.15) is 0 Å². The quantitative estimate of drug-likeness (QED) is 0.311. The van der Waals surface area contributed by atoms with Gasteiger partial charge in [-0.15, -0.1) is 0 Å². The zero-order valence-corrected chi connectivity index (χ0v) is 24.1. The molecule has 11 heteroatoms. The fourth-order valence-corrected chi connectivity index (χ4v) is 5.54. The number of halogens is 3. The van der Waals surface area contributed by atoms with Crippen molar-refractivity contribution in [3.05, 3.63) is 94.2 Å². The van der Waals surface area contributed by atoms with Crippen molar-refractivity contribution < 1.29 is 22.4 Å². The molecule has 39 heavy (non-hydrogen) atoms. The first-order valence-electron chi connectivity index (χ1n) is 12.3. The Kier molecular flexibility index (Phi) is 10.4. The third-order valence-corrected chi connectivity index (χ3v) is 8.71. The molecule has 0 radical (unpaired) electrons. The van der Waals surface area contributed by atoms with E-state index < -0.39 is 40.2 Å². The molecule has 2 amide bonds. The smallest absolute Gasteiger partial charge is 0.264 e. The van der Waals surface area contributed by atoms with Gasteiger partial charge < -0.3 is 10.2 Å². The first kappa shape index (κ1) is 30.4. The number of rotatable bonds is 11. The van der Waals surface area contributed by atoms with Crippen molar-refractivity contribution in [1.29, 1.82) is 0 Å². The minimum atomic E-state index is -4.28. The molecule has 1 N–H and O–H groups in total. The number of nitrogens with zero attached hydrogens (tertiary/aromatic N) is 2. The summed E-state index contributed by atoms with van der Waals surface area (Å²) in [5, 5.41) is 2.95. The van der Waals surface area contributed by atoms with Crippen molar-refractivity contribution in [3.63, 3.8) is 0 Å². The molecular weight excluding hydrogens is 564 g/mol. The Bertz CT molecular complexity index is 1420. The van der Waals surface area contributed by atoms with E-state index in [-0.39, 0.29) is 28.2 Å². The fraction of sp³-hybridized carbons (Fsp3) is 0.286. The topological polar surface area (TPSA) is 86.8 Å². The summed E-state index contributed by atoms with van der Waals surface area (Å²) in [5.74, 6) is -1.80. The van der Waals surface area contributed by atoms with Crippen molar-refractivity contribution in [3.8, 4) is 0 Å². The number of carbonyl (C=O) groups excluding carboxylic acids is 2. The van der Waals surface area contributed by atoms with E-state index in [0.717, 1.165) is 16.4 Å². The van der Waals surface area contributed by atoms with Gasteiger partial charge in [-0.25, -0.2) is 12.8 Å². The Balaban J connectivity index is 2.05. The van der Waals surface area contributed by atoms with Crippen LogP contribution in [0.5, 0.6) is 0 Å². The van der Waals surface area contributed by atoms with Crippen LogP contribution >= 0.6 is 23.2 Å². The second-order valence-electron chi connectivity index (χ2n) is 9.03. The number of anilines is 1. The second kappa shape index (κ2) is 13.3. The van der Waals surface area contributed by atoms with Crippen LogP contribution in [0.15, 0.2) is 77.7 Å². The molecule has 7 nitrogen and oxygen atoms in total. The van der Waals surface area contributed by atoms with Crippen LogP contribution in [0.2, 0.25) is 10.0 Å². The summed E-state index contributed by atoms with van der Waals surface area (Å²) < 4.78 is 42.2. The molecule has 0 heterocycles. The molecule has 0 saturated carbocycles. The Morgan fingerprint density at radius 3 is 2.21 bits per heavy atom. The first-order chi connectivity index (χ1) is 18.4. The predicted octanol–water partition coefficient (Wildman–Crippen LogP) is 5.66. The Hall–Kier alpha value is -3.14. The molecule has 3 aromatic carbocycles. The highest BCUT2D eigenvalue weighted by Gasteiger charge is 2.33. The molecule has 2 atom stereocenters. The number of benzene rings is 3. The summed E-state index contributed by atoms with van der Waals surface area (Å²) in [6.07, 6.45) is 0.686.